The van der Waals surface area contributed by atoms with Crippen LogP contribution in [0.1, 0.15) is 34.1 Å². The van der Waals surface area contributed by atoms with Crippen molar-refractivity contribution in [1.82, 2.24) is 0 Å². The van der Waals surface area contributed by atoms with Crippen molar-refractivity contribution in [2.24, 2.45) is 5.92 Å². The van der Waals surface area contributed by atoms with Gasteiger partial charge < -0.3 is 10.2 Å². The van der Waals surface area contributed by atoms with Crippen LogP contribution in [0.4, 0.5) is 0 Å². The Morgan fingerprint density at radius 2 is 1.93 bits per heavy atom. The minimum atomic E-state index is -0.434. The first kappa shape index (κ1) is 13.4. The third-order valence-electron chi connectivity index (χ3n) is 2.29. The second-order valence-corrected chi connectivity index (χ2v) is 3.83. The average molecular weight is 198 g/mol. The van der Waals surface area contributed by atoms with Gasteiger partial charge in [-0.2, -0.15) is 0 Å². The third-order valence-corrected chi connectivity index (χ3v) is 2.29. The zero-order valence-corrected chi connectivity index (χ0v) is 9.62. The molecule has 0 amide bonds. The molecule has 0 saturated carbocycles. The first-order chi connectivity index (χ1) is 6.52. The normalized spacial score (nSPS) is 18.1. The van der Waals surface area contributed by atoms with E-state index in [-0.39, 0.29) is 12.5 Å². The van der Waals surface area contributed by atoms with E-state index < -0.39 is 6.10 Å². The lowest BCUT2D eigenvalue weighted by molar-refractivity contribution is 0.172. The van der Waals surface area contributed by atoms with Crippen molar-refractivity contribution < 1.29 is 10.2 Å². The zero-order chi connectivity index (χ0) is 11.1. The fourth-order valence-corrected chi connectivity index (χ4v) is 1.45. The molecular weight excluding hydrogens is 176 g/mol. The number of aliphatic hydroxyl groups excluding tert-OH is 2. The number of allylic oxidation sites excluding steroid dienone is 1. The lowest BCUT2D eigenvalue weighted by Gasteiger charge is -2.17. The molecule has 0 spiro atoms. The number of hydrogen-bond acceptors (Lipinski definition) is 2. The molecule has 0 aliphatic heterocycles. The fourth-order valence-electron chi connectivity index (χ4n) is 1.45. The van der Waals surface area contributed by atoms with Gasteiger partial charge in [-0.1, -0.05) is 31.6 Å². The SMILES string of the molecule is CC/C=C(\C)C(O)C(C)/C=C(\C)CO. The second kappa shape index (κ2) is 6.80. The average Bonchev–Trinajstić information content (AvgIpc) is 2.16. The zero-order valence-electron chi connectivity index (χ0n) is 9.62. The maximum Gasteiger partial charge on any atom is 0.0807 e. The highest BCUT2D eigenvalue weighted by Gasteiger charge is 2.13. The van der Waals surface area contributed by atoms with Gasteiger partial charge in [0.15, 0.2) is 0 Å². The van der Waals surface area contributed by atoms with Crippen LogP contribution in [-0.4, -0.2) is 22.9 Å². The smallest absolute Gasteiger partial charge is 0.0807 e. The van der Waals surface area contributed by atoms with E-state index in [0.29, 0.717) is 0 Å². The summed E-state index contributed by atoms with van der Waals surface area (Å²) in [4.78, 5) is 0. The molecule has 0 rings (SSSR count). The Hall–Kier alpha value is -0.600. The molecule has 2 unspecified atom stereocenters. The summed E-state index contributed by atoms with van der Waals surface area (Å²) in [7, 11) is 0. The van der Waals surface area contributed by atoms with Crippen molar-refractivity contribution in [3.05, 3.63) is 23.3 Å². The van der Waals surface area contributed by atoms with Gasteiger partial charge in [0.2, 0.25) is 0 Å². The molecule has 2 N–H and O–H groups in total. The van der Waals surface area contributed by atoms with E-state index in [1.54, 1.807) is 0 Å². The number of hydrogen-bond donors (Lipinski definition) is 2. The molecule has 0 aliphatic carbocycles. The summed E-state index contributed by atoms with van der Waals surface area (Å²) in [6.45, 7) is 7.87. The van der Waals surface area contributed by atoms with Crippen LogP contribution in [0.5, 0.6) is 0 Å². The minimum absolute atomic E-state index is 0.0601. The van der Waals surface area contributed by atoms with Gasteiger partial charge in [-0.25, -0.2) is 0 Å². The first-order valence-electron chi connectivity index (χ1n) is 5.15. The molecule has 0 bridgehead atoms. The molecule has 2 atom stereocenters. The summed E-state index contributed by atoms with van der Waals surface area (Å²) in [6.07, 6.45) is 4.45. The standard InChI is InChI=1S/C12H22O2/c1-5-6-10(3)12(14)11(4)7-9(2)8-13/h6-7,11-14H,5,8H2,1-4H3/b9-7+,10-6+. The van der Waals surface area contributed by atoms with Crippen LogP contribution in [-0.2, 0) is 0 Å². The Bertz CT molecular complexity index is 216. The largest absolute Gasteiger partial charge is 0.392 e. The van der Waals surface area contributed by atoms with Gasteiger partial charge in [0.25, 0.3) is 0 Å². The lowest BCUT2D eigenvalue weighted by Crippen LogP contribution is -2.17. The molecule has 2 nitrogen and oxygen atoms in total. The highest BCUT2D eigenvalue weighted by Crippen LogP contribution is 2.15. The number of rotatable bonds is 5. The molecule has 0 radical (unpaired) electrons. The van der Waals surface area contributed by atoms with Gasteiger partial charge in [0, 0.05) is 5.92 Å². The maximum atomic E-state index is 9.87. The van der Waals surface area contributed by atoms with Crippen molar-refractivity contribution >= 4 is 0 Å². The van der Waals surface area contributed by atoms with E-state index in [1.165, 1.54) is 0 Å². The van der Waals surface area contributed by atoms with Crippen LogP contribution in [0.3, 0.4) is 0 Å². The topological polar surface area (TPSA) is 40.5 Å². The lowest BCUT2D eigenvalue weighted by atomic mass is 9.96. The van der Waals surface area contributed by atoms with Gasteiger partial charge in [-0.3, -0.25) is 0 Å². The first-order valence-corrected chi connectivity index (χ1v) is 5.15. The van der Waals surface area contributed by atoms with Crippen LogP contribution in [0, 0.1) is 5.92 Å². The Morgan fingerprint density at radius 1 is 1.36 bits per heavy atom. The Labute approximate surface area is 87.0 Å². The summed E-state index contributed by atoms with van der Waals surface area (Å²) < 4.78 is 0. The van der Waals surface area contributed by atoms with Gasteiger partial charge in [0.1, 0.15) is 0 Å². The number of aliphatic hydroxyl groups is 2. The molecule has 0 aromatic rings. The summed E-state index contributed by atoms with van der Waals surface area (Å²) in [5, 5.41) is 18.7. The predicted molar refractivity (Wildman–Crippen MR) is 60.1 cm³/mol. The van der Waals surface area contributed by atoms with Crippen molar-refractivity contribution in [2.45, 2.75) is 40.2 Å². The molecule has 14 heavy (non-hydrogen) atoms. The van der Waals surface area contributed by atoms with Crippen LogP contribution in [0.15, 0.2) is 23.3 Å². The molecule has 0 heterocycles. The Balaban J connectivity index is 4.39. The van der Waals surface area contributed by atoms with Crippen molar-refractivity contribution in [3.63, 3.8) is 0 Å². The summed E-state index contributed by atoms with van der Waals surface area (Å²) in [6, 6.07) is 0. The monoisotopic (exact) mass is 198 g/mol. The van der Waals surface area contributed by atoms with Gasteiger partial charge in [-0.15, -0.1) is 0 Å². The Kier molecular flexibility index (Phi) is 6.50. The minimum Gasteiger partial charge on any atom is -0.392 e. The molecule has 0 aliphatic rings. The van der Waals surface area contributed by atoms with Gasteiger partial charge in [0.05, 0.1) is 12.7 Å². The van der Waals surface area contributed by atoms with Crippen molar-refractivity contribution in [2.75, 3.05) is 6.61 Å². The van der Waals surface area contributed by atoms with Gasteiger partial charge in [-0.05, 0) is 25.8 Å². The third kappa shape index (κ3) is 4.58. The molecule has 2 heteroatoms. The highest BCUT2D eigenvalue weighted by molar-refractivity contribution is 5.11. The van der Waals surface area contributed by atoms with E-state index in [4.69, 9.17) is 5.11 Å². The highest BCUT2D eigenvalue weighted by atomic mass is 16.3. The van der Waals surface area contributed by atoms with Crippen molar-refractivity contribution in [3.8, 4) is 0 Å². The molecule has 0 aromatic carbocycles. The van der Waals surface area contributed by atoms with E-state index in [1.807, 2.05) is 32.9 Å². The van der Waals surface area contributed by atoms with Gasteiger partial charge >= 0.3 is 0 Å². The fraction of sp³-hybridized carbons (Fsp3) is 0.667. The van der Waals surface area contributed by atoms with E-state index in [9.17, 15) is 5.11 Å². The molecule has 82 valence electrons. The Morgan fingerprint density at radius 3 is 2.36 bits per heavy atom. The summed E-state index contributed by atoms with van der Waals surface area (Å²) >= 11 is 0. The second-order valence-electron chi connectivity index (χ2n) is 3.83. The van der Waals surface area contributed by atoms with E-state index in [2.05, 4.69) is 6.92 Å². The molecule has 0 fully saturated rings. The van der Waals surface area contributed by atoms with Crippen LogP contribution in [0.25, 0.3) is 0 Å². The maximum absolute atomic E-state index is 9.87. The molecule has 0 saturated heterocycles. The van der Waals surface area contributed by atoms with Crippen molar-refractivity contribution in [1.29, 1.82) is 0 Å². The molecule has 0 aromatic heterocycles. The summed E-state index contributed by atoms with van der Waals surface area (Å²) in [5.74, 6) is 0.0601. The van der Waals surface area contributed by atoms with Crippen LogP contribution < -0.4 is 0 Å². The van der Waals surface area contributed by atoms with Crippen LogP contribution >= 0.6 is 0 Å². The van der Waals surface area contributed by atoms with E-state index >= 15 is 0 Å². The van der Waals surface area contributed by atoms with E-state index in [0.717, 1.165) is 17.6 Å². The quantitative estimate of drug-likeness (QED) is 0.665. The predicted octanol–water partition coefficient (Wildman–Crippen LogP) is 2.28. The van der Waals surface area contributed by atoms with Crippen LogP contribution in [0.2, 0.25) is 0 Å². The molecular formula is C12H22O2. The summed E-state index contributed by atoms with van der Waals surface area (Å²) in [5.41, 5.74) is 1.91.